The molecule has 1 N–H and O–H groups in total. The zero-order chi connectivity index (χ0) is 21.8. The fourth-order valence-electron chi connectivity index (χ4n) is 3.16. The summed E-state index contributed by atoms with van der Waals surface area (Å²) in [7, 11) is 2.88. The lowest BCUT2D eigenvalue weighted by Crippen LogP contribution is -2.43. The van der Waals surface area contributed by atoms with E-state index in [4.69, 9.17) is 9.47 Å². The number of amides is 1. The monoisotopic (exact) mass is 415 g/mol. The molecule has 1 aliphatic rings. The first kappa shape index (κ1) is 21.0. The second kappa shape index (κ2) is 8.74. The Balaban J connectivity index is 1.99. The molecule has 0 aliphatic heterocycles. The van der Waals surface area contributed by atoms with Crippen LogP contribution >= 0.6 is 0 Å². The fourth-order valence-corrected chi connectivity index (χ4v) is 3.16. The van der Waals surface area contributed by atoms with Crippen LogP contribution in [-0.4, -0.2) is 68.7 Å². The van der Waals surface area contributed by atoms with E-state index in [1.807, 2.05) is 0 Å². The van der Waals surface area contributed by atoms with Gasteiger partial charge in [-0.3, -0.25) is 4.90 Å². The largest absolute Gasteiger partial charge is 0.494 e. The quantitative estimate of drug-likeness (QED) is 0.693. The van der Waals surface area contributed by atoms with Crippen molar-refractivity contribution in [3.05, 3.63) is 58.2 Å². The minimum absolute atomic E-state index is 0.0875. The van der Waals surface area contributed by atoms with Gasteiger partial charge in [0.2, 0.25) is 0 Å². The van der Waals surface area contributed by atoms with Crippen molar-refractivity contribution in [2.24, 2.45) is 0 Å². The van der Waals surface area contributed by atoms with Gasteiger partial charge in [-0.05, 0) is 41.6 Å². The van der Waals surface area contributed by atoms with Gasteiger partial charge in [-0.1, -0.05) is 12.1 Å². The van der Waals surface area contributed by atoms with Gasteiger partial charge in [-0.25, -0.2) is 14.4 Å². The van der Waals surface area contributed by atoms with Crippen LogP contribution in [0.4, 0.5) is 4.79 Å². The van der Waals surface area contributed by atoms with Gasteiger partial charge in [0.15, 0.2) is 0 Å². The van der Waals surface area contributed by atoms with E-state index in [1.165, 1.54) is 31.3 Å². The lowest BCUT2D eigenvalue weighted by atomic mass is 9.99. The maximum absolute atomic E-state index is 13.1. The van der Waals surface area contributed by atoms with Crippen molar-refractivity contribution in [3.63, 3.8) is 0 Å². The molecular formula is C19H21N5O6. The summed E-state index contributed by atoms with van der Waals surface area (Å²) in [4.78, 5) is 38.5. The van der Waals surface area contributed by atoms with Crippen LogP contribution in [0.15, 0.2) is 52.5 Å². The topological polar surface area (TPSA) is 129 Å². The standard InChI is InChI=1S/C19H21N5O6/c1-4-22(13-10-9-12(17(25)26)11-16(13)30-3)18(27)24-19(28)23(20-21-24)14-7-5-6-8-15(14)29-2/h5-10,16H,4,11H2,1-3H3,(H,25,26). The molecule has 1 aliphatic carbocycles. The van der Waals surface area contributed by atoms with Gasteiger partial charge in [0.05, 0.1) is 12.8 Å². The Morgan fingerprint density at radius 3 is 2.60 bits per heavy atom. The number of hydrogen-bond donors (Lipinski definition) is 1. The number of allylic oxidation sites excluding steroid dienone is 2. The summed E-state index contributed by atoms with van der Waals surface area (Å²) in [5, 5.41) is 16.7. The van der Waals surface area contributed by atoms with Crippen molar-refractivity contribution < 1.29 is 24.2 Å². The van der Waals surface area contributed by atoms with Crippen LogP contribution in [0.1, 0.15) is 13.3 Å². The molecule has 1 unspecified atom stereocenters. The number of nitrogens with zero attached hydrogens (tertiary/aromatic N) is 5. The number of carboxylic acids is 1. The van der Waals surface area contributed by atoms with Crippen molar-refractivity contribution in [2.45, 2.75) is 19.4 Å². The molecule has 1 amide bonds. The smallest absolute Gasteiger partial charge is 0.377 e. The predicted octanol–water partition coefficient (Wildman–Crippen LogP) is 1.04. The van der Waals surface area contributed by atoms with E-state index >= 15 is 0 Å². The van der Waals surface area contributed by atoms with Crippen LogP contribution < -0.4 is 10.4 Å². The summed E-state index contributed by atoms with van der Waals surface area (Å²) in [6.07, 6.45) is 2.34. The van der Waals surface area contributed by atoms with Crippen LogP contribution in [0, 0.1) is 0 Å². The van der Waals surface area contributed by atoms with Gasteiger partial charge in [0.25, 0.3) is 0 Å². The van der Waals surface area contributed by atoms with Crippen LogP contribution in [0.25, 0.3) is 5.69 Å². The maximum atomic E-state index is 13.1. The predicted molar refractivity (Wildman–Crippen MR) is 105 cm³/mol. The Morgan fingerprint density at radius 2 is 1.97 bits per heavy atom. The fraction of sp³-hybridized carbons (Fsp3) is 0.316. The van der Waals surface area contributed by atoms with E-state index in [0.29, 0.717) is 21.8 Å². The molecule has 158 valence electrons. The number of carboxylic acid groups (broad SMARTS) is 1. The molecule has 1 aromatic carbocycles. The first-order valence-electron chi connectivity index (χ1n) is 9.10. The van der Waals surface area contributed by atoms with Crippen molar-refractivity contribution in [2.75, 3.05) is 20.8 Å². The van der Waals surface area contributed by atoms with Gasteiger partial charge in [-0.15, -0.1) is 4.68 Å². The number of carbonyl (C=O) groups excluding carboxylic acids is 1. The number of aromatic nitrogens is 4. The number of hydrogen-bond acceptors (Lipinski definition) is 7. The Kier molecular flexibility index (Phi) is 6.11. The van der Waals surface area contributed by atoms with Crippen LogP contribution in [0.2, 0.25) is 0 Å². The first-order valence-corrected chi connectivity index (χ1v) is 9.10. The molecule has 11 heteroatoms. The lowest BCUT2D eigenvalue weighted by molar-refractivity contribution is -0.133. The van der Waals surface area contributed by atoms with Gasteiger partial charge in [0.1, 0.15) is 17.5 Å². The van der Waals surface area contributed by atoms with E-state index in [1.54, 1.807) is 31.2 Å². The SMILES string of the molecule is CCN(C(=O)n1nnn(-c2ccccc2OC)c1=O)C1=CC=C(C(=O)O)CC1OC. The first-order chi connectivity index (χ1) is 14.4. The van der Waals surface area contributed by atoms with Gasteiger partial charge in [0, 0.05) is 25.6 Å². The highest BCUT2D eigenvalue weighted by Crippen LogP contribution is 2.25. The van der Waals surface area contributed by atoms with Gasteiger partial charge >= 0.3 is 17.7 Å². The average Bonchev–Trinajstić information content (AvgIpc) is 3.15. The van der Waals surface area contributed by atoms with E-state index in [2.05, 4.69) is 10.4 Å². The summed E-state index contributed by atoms with van der Waals surface area (Å²) in [5.74, 6) is -0.662. The molecule has 0 radical (unpaired) electrons. The van der Waals surface area contributed by atoms with E-state index in [0.717, 1.165) is 4.68 Å². The second-order valence-corrected chi connectivity index (χ2v) is 6.30. The molecule has 2 aromatic rings. The molecule has 30 heavy (non-hydrogen) atoms. The third kappa shape index (κ3) is 3.74. The molecule has 0 spiro atoms. The zero-order valence-electron chi connectivity index (χ0n) is 16.7. The number of ether oxygens (including phenoxy) is 2. The Morgan fingerprint density at radius 1 is 1.23 bits per heavy atom. The number of para-hydroxylation sites is 2. The summed E-state index contributed by atoms with van der Waals surface area (Å²) >= 11 is 0. The molecular weight excluding hydrogens is 394 g/mol. The molecule has 0 saturated heterocycles. The Bertz CT molecular complexity index is 1080. The van der Waals surface area contributed by atoms with Crippen LogP contribution in [-0.2, 0) is 9.53 Å². The number of rotatable bonds is 6. The third-order valence-electron chi connectivity index (χ3n) is 4.68. The highest BCUT2D eigenvalue weighted by Gasteiger charge is 2.31. The minimum atomic E-state index is -1.06. The number of aliphatic carboxylic acids is 1. The summed E-state index contributed by atoms with van der Waals surface area (Å²) in [6, 6.07) is 5.98. The van der Waals surface area contributed by atoms with E-state index in [9.17, 15) is 19.5 Å². The molecule has 0 fully saturated rings. The summed E-state index contributed by atoms with van der Waals surface area (Å²) < 4.78 is 12.2. The Labute approximate surface area is 171 Å². The van der Waals surface area contributed by atoms with Crippen molar-refractivity contribution in [3.8, 4) is 11.4 Å². The molecule has 1 heterocycles. The van der Waals surface area contributed by atoms with Crippen molar-refractivity contribution in [1.29, 1.82) is 0 Å². The lowest BCUT2D eigenvalue weighted by Gasteiger charge is -2.30. The molecule has 0 saturated carbocycles. The van der Waals surface area contributed by atoms with Crippen LogP contribution in [0.5, 0.6) is 5.75 Å². The third-order valence-corrected chi connectivity index (χ3v) is 4.68. The maximum Gasteiger partial charge on any atom is 0.377 e. The van der Waals surface area contributed by atoms with Crippen LogP contribution in [0.3, 0.4) is 0 Å². The number of tetrazole rings is 1. The Hall–Kier alpha value is -3.73. The van der Waals surface area contributed by atoms with Crippen molar-refractivity contribution >= 4 is 12.0 Å². The molecule has 11 nitrogen and oxygen atoms in total. The van der Waals surface area contributed by atoms with E-state index < -0.39 is 23.8 Å². The normalized spacial score (nSPS) is 15.9. The highest BCUT2D eigenvalue weighted by atomic mass is 16.5. The van der Waals surface area contributed by atoms with E-state index in [-0.39, 0.29) is 18.5 Å². The van der Waals surface area contributed by atoms with Gasteiger partial charge in [-0.2, -0.15) is 4.68 Å². The van der Waals surface area contributed by atoms with Gasteiger partial charge < -0.3 is 14.6 Å². The molecule has 1 aromatic heterocycles. The number of benzene rings is 1. The highest BCUT2D eigenvalue weighted by molar-refractivity contribution is 5.88. The summed E-state index contributed by atoms with van der Waals surface area (Å²) in [6.45, 7) is 1.92. The molecule has 1 atom stereocenters. The second-order valence-electron chi connectivity index (χ2n) is 6.30. The minimum Gasteiger partial charge on any atom is -0.494 e. The molecule has 0 bridgehead atoms. The molecule has 3 rings (SSSR count). The zero-order valence-corrected chi connectivity index (χ0v) is 16.7. The number of carbonyl (C=O) groups is 2. The number of likely N-dealkylation sites (N-methyl/N-ethyl adjacent to an activating group) is 1. The average molecular weight is 415 g/mol. The van der Waals surface area contributed by atoms with Crippen molar-refractivity contribution in [1.82, 2.24) is 24.7 Å². The number of methoxy groups -OCH3 is 2. The summed E-state index contributed by atoms with van der Waals surface area (Å²) in [5.41, 5.74) is 0.157.